The lowest BCUT2D eigenvalue weighted by Crippen LogP contribution is -2.52. The summed E-state index contributed by atoms with van der Waals surface area (Å²) in [6.45, 7) is 10.3. The molecule has 0 radical (unpaired) electrons. The summed E-state index contributed by atoms with van der Waals surface area (Å²) in [7, 11) is 1.50. The van der Waals surface area contributed by atoms with Crippen LogP contribution in [0.1, 0.15) is 93.3 Å². The number of ketones is 1. The van der Waals surface area contributed by atoms with E-state index in [9.17, 15) is 9.59 Å². The number of aryl methyl sites for hydroxylation is 1. The van der Waals surface area contributed by atoms with Crippen LogP contribution in [0.3, 0.4) is 0 Å². The van der Waals surface area contributed by atoms with Gasteiger partial charge in [0.05, 0.1) is 12.5 Å². The lowest BCUT2D eigenvalue weighted by Gasteiger charge is -2.54. The predicted molar refractivity (Wildman–Crippen MR) is 104 cm³/mol. The molecule has 0 N–H and O–H groups in total. The molecule has 3 atom stereocenters. The second kappa shape index (κ2) is 6.51. The Bertz CT molecular complexity index is 748. The second-order valence-corrected chi connectivity index (χ2v) is 9.08. The summed E-state index contributed by atoms with van der Waals surface area (Å²) in [5.74, 6) is 0.640. The highest BCUT2D eigenvalue weighted by atomic mass is 16.5. The van der Waals surface area contributed by atoms with Gasteiger partial charge in [-0.1, -0.05) is 33.3 Å². The normalized spacial score (nSPS) is 30.5. The van der Waals surface area contributed by atoms with Crippen molar-refractivity contribution in [2.75, 3.05) is 7.11 Å². The van der Waals surface area contributed by atoms with E-state index in [1.165, 1.54) is 18.2 Å². The largest absolute Gasteiger partial charge is 0.469 e. The summed E-state index contributed by atoms with van der Waals surface area (Å²) >= 11 is 0. The lowest BCUT2D eigenvalue weighted by atomic mass is 9.49. The van der Waals surface area contributed by atoms with Crippen LogP contribution in [0.4, 0.5) is 0 Å². The van der Waals surface area contributed by atoms with Crippen molar-refractivity contribution in [3.63, 3.8) is 0 Å². The molecular weight excluding hydrogens is 324 g/mol. The highest BCUT2D eigenvalue weighted by Gasteiger charge is 2.55. The number of fused-ring (bicyclic) bond motifs is 3. The molecule has 0 amide bonds. The molecule has 0 aliphatic heterocycles. The zero-order valence-corrected chi connectivity index (χ0v) is 17.1. The highest BCUT2D eigenvalue weighted by molar-refractivity contribution is 5.96. The number of hydrogen-bond acceptors (Lipinski definition) is 3. The topological polar surface area (TPSA) is 43.4 Å². The van der Waals surface area contributed by atoms with Crippen molar-refractivity contribution in [2.45, 2.75) is 78.1 Å². The SMILES string of the molecule is COC(=O)C1(C)CCCC2(C)c3cc(C(C)=O)c(C(C)C)cc3CCC12. The Hall–Kier alpha value is -1.64. The molecule has 3 nitrogen and oxygen atoms in total. The Morgan fingerprint density at radius 1 is 1.19 bits per heavy atom. The van der Waals surface area contributed by atoms with E-state index in [2.05, 4.69) is 39.8 Å². The Morgan fingerprint density at radius 2 is 1.88 bits per heavy atom. The van der Waals surface area contributed by atoms with Crippen molar-refractivity contribution in [3.05, 3.63) is 34.4 Å². The molecular formula is C23H32O3. The summed E-state index contributed by atoms with van der Waals surface area (Å²) < 4.78 is 5.19. The summed E-state index contributed by atoms with van der Waals surface area (Å²) in [6, 6.07) is 4.42. The maximum Gasteiger partial charge on any atom is 0.311 e. The first-order valence-electron chi connectivity index (χ1n) is 9.91. The van der Waals surface area contributed by atoms with E-state index in [4.69, 9.17) is 4.74 Å². The maximum absolute atomic E-state index is 12.6. The van der Waals surface area contributed by atoms with E-state index in [0.717, 1.165) is 43.2 Å². The van der Waals surface area contributed by atoms with Crippen LogP contribution >= 0.6 is 0 Å². The third-order valence-electron chi connectivity index (χ3n) is 7.18. The van der Waals surface area contributed by atoms with Gasteiger partial charge < -0.3 is 4.74 Å². The first-order valence-corrected chi connectivity index (χ1v) is 9.91. The predicted octanol–water partition coefficient (Wildman–Crippen LogP) is 5.20. The van der Waals surface area contributed by atoms with Crippen LogP contribution in [0, 0.1) is 11.3 Å². The minimum Gasteiger partial charge on any atom is -0.469 e. The first-order chi connectivity index (χ1) is 12.1. The lowest BCUT2D eigenvalue weighted by molar-refractivity contribution is -0.161. The monoisotopic (exact) mass is 356 g/mol. The molecule has 0 spiro atoms. The van der Waals surface area contributed by atoms with Crippen LogP contribution in [0.15, 0.2) is 12.1 Å². The number of benzene rings is 1. The third-order valence-corrected chi connectivity index (χ3v) is 7.18. The highest BCUT2D eigenvalue weighted by Crippen LogP contribution is 2.58. The molecule has 0 saturated heterocycles. The Labute approximate surface area is 157 Å². The number of methoxy groups -OCH3 is 1. The molecule has 0 heterocycles. The number of ether oxygens (including phenoxy) is 1. The van der Waals surface area contributed by atoms with Gasteiger partial charge in [-0.25, -0.2) is 0 Å². The molecule has 0 aromatic heterocycles. The van der Waals surface area contributed by atoms with Crippen molar-refractivity contribution in [1.29, 1.82) is 0 Å². The van der Waals surface area contributed by atoms with E-state index in [1.807, 2.05) is 0 Å². The second-order valence-electron chi connectivity index (χ2n) is 9.08. The molecule has 26 heavy (non-hydrogen) atoms. The summed E-state index contributed by atoms with van der Waals surface area (Å²) in [6.07, 6.45) is 4.94. The van der Waals surface area contributed by atoms with Crippen LogP contribution in [0.25, 0.3) is 0 Å². The number of rotatable bonds is 3. The van der Waals surface area contributed by atoms with E-state index < -0.39 is 5.41 Å². The van der Waals surface area contributed by atoms with Crippen LogP contribution in [-0.2, 0) is 21.4 Å². The van der Waals surface area contributed by atoms with Crippen molar-refractivity contribution in [2.24, 2.45) is 11.3 Å². The standard InChI is InChI=1S/C23H32O3/c1-14(2)17-12-16-8-9-20-22(4,19(16)13-18(17)15(3)24)10-7-11-23(20,5)21(25)26-6/h12-14,20H,7-11H2,1-6H3. The van der Waals surface area contributed by atoms with Gasteiger partial charge in [0.25, 0.3) is 0 Å². The molecule has 1 aromatic rings. The first kappa shape index (κ1) is 19.1. The zero-order chi connectivity index (χ0) is 19.3. The molecule has 3 unspecified atom stereocenters. The molecule has 3 heteroatoms. The Kier molecular flexibility index (Phi) is 4.79. The van der Waals surface area contributed by atoms with Gasteiger partial charge >= 0.3 is 5.97 Å². The zero-order valence-electron chi connectivity index (χ0n) is 17.1. The number of hydrogen-bond donors (Lipinski definition) is 0. The van der Waals surface area contributed by atoms with Gasteiger partial charge in [-0.05, 0) is 79.5 Å². The fourth-order valence-electron chi connectivity index (χ4n) is 5.80. The van der Waals surface area contributed by atoms with Crippen LogP contribution < -0.4 is 0 Å². The molecule has 1 fully saturated rings. The Balaban J connectivity index is 2.17. The van der Waals surface area contributed by atoms with Crippen molar-refractivity contribution in [3.8, 4) is 0 Å². The van der Waals surface area contributed by atoms with E-state index in [-0.39, 0.29) is 23.1 Å². The summed E-state index contributed by atoms with van der Waals surface area (Å²) in [5, 5.41) is 0. The van der Waals surface area contributed by atoms with E-state index in [1.54, 1.807) is 6.92 Å². The number of esters is 1. The van der Waals surface area contributed by atoms with Gasteiger partial charge in [0, 0.05) is 5.56 Å². The molecule has 142 valence electrons. The summed E-state index contributed by atoms with van der Waals surface area (Å²) in [4.78, 5) is 25.0. The quantitative estimate of drug-likeness (QED) is 0.552. The molecule has 1 saturated carbocycles. The smallest absolute Gasteiger partial charge is 0.311 e. The van der Waals surface area contributed by atoms with Gasteiger partial charge in [-0.3, -0.25) is 9.59 Å². The average Bonchev–Trinajstić information content (AvgIpc) is 2.59. The van der Waals surface area contributed by atoms with Crippen molar-refractivity contribution >= 4 is 11.8 Å². The van der Waals surface area contributed by atoms with Gasteiger partial charge in [-0.2, -0.15) is 0 Å². The third kappa shape index (κ3) is 2.71. The molecule has 0 bridgehead atoms. The van der Waals surface area contributed by atoms with Crippen molar-refractivity contribution < 1.29 is 14.3 Å². The number of carbonyl (C=O) groups is 2. The minimum absolute atomic E-state index is 0.0749. The molecule has 1 aromatic carbocycles. The van der Waals surface area contributed by atoms with E-state index in [0.29, 0.717) is 5.92 Å². The van der Waals surface area contributed by atoms with Gasteiger partial charge in [0.2, 0.25) is 0 Å². The molecule has 3 rings (SSSR count). The number of Topliss-reactive ketones (excluding diaryl/α,β-unsaturated/α-hetero) is 1. The Morgan fingerprint density at radius 3 is 2.46 bits per heavy atom. The fraction of sp³-hybridized carbons (Fsp3) is 0.652. The maximum atomic E-state index is 12.6. The minimum atomic E-state index is -0.438. The molecule has 2 aliphatic carbocycles. The number of carbonyl (C=O) groups excluding carboxylic acids is 2. The van der Waals surface area contributed by atoms with Crippen LogP contribution in [-0.4, -0.2) is 18.9 Å². The van der Waals surface area contributed by atoms with Gasteiger partial charge in [0.1, 0.15) is 0 Å². The van der Waals surface area contributed by atoms with Crippen LogP contribution in [0.2, 0.25) is 0 Å². The fourth-order valence-corrected chi connectivity index (χ4v) is 5.80. The molecule has 2 aliphatic rings. The van der Waals surface area contributed by atoms with E-state index >= 15 is 0 Å². The summed E-state index contributed by atoms with van der Waals surface area (Å²) in [5.41, 5.74) is 4.15. The van der Waals surface area contributed by atoms with Gasteiger partial charge in [0.15, 0.2) is 5.78 Å². The van der Waals surface area contributed by atoms with Crippen molar-refractivity contribution in [1.82, 2.24) is 0 Å². The van der Waals surface area contributed by atoms with Crippen LogP contribution in [0.5, 0.6) is 0 Å². The average molecular weight is 357 g/mol. The van der Waals surface area contributed by atoms with Gasteiger partial charge in [-0.15, -0.1) is 0 Å².